The van der Waals surface area contributed by atoms with Gasteiger partial charge in [0.05, 0.1) is 18.7 Å². The molecular formula is C24H27F2N3O3. The first-order valence-corrected chi connectivity index (χ1v) is 11.1. The van der Waals surface area contributed by atoms with E-state index in [-0.39, 0.29) is 17.2 Å². The average molecular weight is 443 g/mol. The number of rotatable bonds is 7. The van der Waals surface area contributed by atoms with E-state index in [4.69, 9.17) is 4.74 Å². The van der Waals surface area contributed by atoms with Gasteiger partial charge >= 0.3 is 6.61 Å². The Morgan fingerprint density at radius 2 is 1.84 bits per heavy atom. The lowest BCUT2D eigenvalue weighted by Crippen LogP contribution is -2.62. The van der Waals surface area contributed by atoms with Crippen LogP contribution in [0.15, 0.2) is 42.7 Å². The minimum atomic E-state index is -2.86. The summed E-state index contributed by atoms with van der Waals surface area (Å²) in [6.45, 7) is -1.44. The minimum absolute atomic E-state index is 0.0513. The molecular weight excluding hydrogens is 416 g/mol. The molecule has 0 N–H and O–H groups in total. The van der Waals surface area contributed by atoms with Crippen molar-refractivity contribution in [2.75, 3.05) is 25.1 Å². The monoisotopic (exact) mass is 443 g/mol. The van der Waals surface area contributed by atoms with Gasteiger partial charge in [0.1, 0.15) is 17.2 Å². The topological polar surface area (TPSA) is 54.9 Å². The van der Waals surface area contributed by atoms with Crippen LogP contribution in [0.3, 0.4) is 0 Å². The van der Waals surface area contributed by atoms with Crippen molar-refractivity contribution in [1.29, 1.82) is 0 Å². The fourth-order valence-corrected chi connectivity index (χ4v) is 5.46. The van der Waals surface area contributed by atoms with Gasteiger partial charge in [-0.3, -0.25) is 9.78 Å². The number of halogens is 2. The van der Waals surface area contributed by atoms with Crippen LogP contribution in [0.2, 0.25) is 0 Å². The molecule has 6 rings (SSSR count). The van der Waals surface area contributed by atoms with Gasteiger partial charge < -0.3 is 19.3 Å². The molecule has 2 bridgehead atoms. The van der Waals surface area contributed by atoms with Gasteiger partial charge in [-0.15, -0.1) is 0 Å². The van der Waals surface area contributed by atoms with Gasteiger partial charge in [0.2, 0.25) is 5.91 Å². The fraction of sp³-hybridized carbons (Fsp3) is 0.500. The summed E-state index contributed by atoms with van der Waals surface area (Å²) in [5.41, 5.74) is 1.59. The summed E-state index contributed by atoms with van der Waals surface area (Å²) < 4.78 is 35.2. The maximum atomic E-state index is 13.0. The largest absolute Gasteiger partial charge is 0.494 e. The van der Waals surface area contributed by atoms with Gasteiger partial charge in [0.15, 0.2) is 0 Å². The molecule has 4 fully saturated rings. The zero-order valence-electron chi connectivity index (χ0n) is 18.0. The molecule has 1 aromatic heterocycles. The van der Waals surface area contributed by atoms with Crippen LogP contribution in [0.1, 0.15) is 32.1 Å². The van der Waals surface area contributed by atoms with Gasteiger partial charge in [0, 0.05) is 37.1 Å². The first kappa shape index (κ1) is 21.0. The maximum absolute atomic E-state index is 13.0. The van der Waals surface area contributed by atoms with Crippen LogP contribution in [0, 0.1) is 11.3 Å². The van der Waals surface area contributed by atoms with Crippen LogP contribution in [-0.2, 0) is 4.79 Å². The third-order valence-corrected chi connectivity index (χ3v) is 7.19. The Morgan fingerprint density at radius 3 is 2.41 bits per heavy atom. The summed E-state index contributed by atoms with van der Waals surface area (Å²) in [6.07, 6.45) is 8.23. The molecule has 0 atom stereocenters. The fourth-order valence-electron chi connectivity index (χ4n) is 5.46. The second kappa shape index (κ2) is 8.22. The van der Waals surface area contributed by atoms with Crippen molar-refractivity contribution < 1.29 is 23.0 Å². The third kappa shape index (κ3) is 3.65. The number of hydrogen-bond donors (Lipinski definition) is 0. The summed E-state index contributed by atoms with van der Waals surface area (Å²) in [7, 11) is 1.61. The highest BCUT2D eigenvalue weighted by Gasteiger charge is 2.62. The minimum Gasteiger partial charge on any atom is -0.494 e. The molecule has 1 saturated heterocycles. The number of carbonyl (C=O) groups excluding carboxylic acids is 1. The number of nitrogens with zero attached hydrogens (tertiary/aromatic N) is 3. The van der Waals surface area contributed by atoms with Crippen LogP contribution in [0.5, 0.6) is 11.5 Å². The van der Waals surface area contributed by atoms with E-state index in [1.807, 2.05) is 4.90 Å². The Hall–Kier alpha value is -2.90. The van der Waals surface area contributed by atoms with E-state index in [0.717, 1.165) is 49.4 Å². The predicted molar refractivity (Wildman–Crippen MR) is 115 cm³/mol. The number of piperidine rings is 1. The van der Waals surface area contributed by atoms with Gasteiger partial charge in [-0.1, -0.05) is 0 Å². The van der Waals surface area contributed by atoms with E-state index in [9.17, 15) is 13.6 Å². The Labute approximate surface area is 186 Å². The number of hydrogen-bond acceptors (Lipinski definition) is 5. The molecule has 1 amide bonds. The van der Waals surface area contributed by atoms with Crippen LogP contribution in [0.25, 0.3) is 0 Å². The Morgan fingerprint density at radius 1 is 1.16 bits per heavy atom. The highest BCUT2D eigenvalue weighted by atomic mass is 19.3. The molecule has 32 heavy (non-hydrogen) atoms. The lowest BCUT2D eigenvalue weighted by atomic mass is 9.44. The third-order valence-electron chi connectivity index (χ3n) is 7.19. The quantitative estimate of drug-likeness (QED) is 0.625. The van der Waals surface area contributed by atoms with Gasteiger partial charge in [0.25, 0.3) is 0 Å². The number of benzene rings is 1. The number of amides is 1. The number of alkyl halides is 2. The zero-order chi connectivity index (χ0) is 22.3. The number of aromatic nitrogens is 1. The first-order chi connectivity index (χ1) is 15.5. The summed E-state index contributed by atoms with van der Waals surface area (Å²) in [6, 6.07) is 8.54. The number of methoxy groups -OCH3 is 1. The lowest BCUT2D eigenvalue weighted by Gasteiger charge is -2.61. The molecule has 8 heteroatoms. The van der Waals surface area contributed by atoms with E-state index in [1.54, 1.807) is 49.8 Å². The van der Waals surface area contributed by atoms with Crippen molar-refractivity contribution >= 4 is 17.3 Å². The normalized spacial score (nSPS) is 24.5. The standard InChI is InChI=1S/C24H27F2N3O3/c1-31-21-6-9-27-15-20(21)29(17-2-4-19(5-3-17)32-23(25)26)18-7-10-28(11-8-18)22(30)24-12-16(13-24)14-24/h2-6,9,15-16,18,23H,7-8,10-14H2,1H3. The van der Waals surface area contributed by atoms with Crippen molar-refractivity contribution in [1.82, 2.24) is 9.88 Å². The summed E-state index contributed by atoms with van der Waals surface area (Å²) in [5.74, 6) is 1.90. The second-order valence-electron chi connectivity index (χ2n) is 9.07. The van der Waals surface area contributed by atoms with Crippen molar-refractivity contribution in [2.24, 2.45) is 11.3 Å². The van der Waals surface area contributed by atoms with Crippen molar-refractivity contribution in [3.8, 4) is 11.5 Å². The van der Waals surface area contributed by atoms with Crippen molar-refractivity contribution in [3.63, 3.8) is 0 Å². The van der Waals surface area contributed by atoms with Gasteiger partial charge in [-0.25, -0.2) is 0 Å². The Balaban J connectivity index is 1.37. The summed E-state index contributed by atoms with van der Waals surface area (Å²) in [5, 5.41) is 0. The number of carbonyl (C=O) groups is 1. The average Bonchev–Trinajstić information content (AvgIpc) is 2.73. The molecule has 3 saturated carbocycles. The number of pyridine rings is 1. The molecule has 3 aliphatic carbocycles. The smallest absolute Gasteiger partial charge is 0.387 e. The van der Waals surface area contributed by atoms with Crippen LogP contribution in [0.4, 0.5) is 20.2 Å². The van der Waals surface area contributed by atoms with Gasteiger partial charge in [-0.05, 0) is 62.3 Å². The molecule has 0 radical (unpaired) electrons. The van der Waals surface area contributed by atoms with Crippen LogP contribution >= 0.6 is 0 Å². The molecule has 1 aromatic carbocycles. The maximum Gasteiger partial charge on any atom is 0.387 e. The molecule has 170 valence electrons. The van der Waals surface area contributed by atoms with Crippen molar-refractivity contribution in [2.45, 2.75) is 44.8 Å². The lowest BCUT2D eigenvalue weighted by molar-refractivity contribution is -0.177. The van der Waals surface area contributed by atoms with E-state index in [0.29, 0.717) is 24.7 Å². The Bertz CT molecular complexity index is 960. The summed E-state index contributed by atoms with van der Waals surface area (Å²) in [4.78, 5) is 21.4. The molecule has 6 nitrogen and oxygen atoms in total. The van der Waals surface area contributed by atoms with E-state index < -0.39 is 6.61 Å². The van der Waals surface area contributed by atoms with Crippen molar-refractivity contribution in [3.05, 3.63) is 42.7 Å². The predicted octanol–water partition coefficient (Wildman–Crippen LogP) is 4.62. The number of ether oxygens (including phenoxy) is 2. The molecule has 0 spiro atoms. The van der Waals surface area contributed by atoms with E-state index in [1.165, 1.54) is 0 Å². The van der Waals surface area contributed by atoms with Gasteiger partial charge in [-0.2, -0.15) is 8.78 Å². The highest BCUT2D eigenvalue weighted by Crippen LogP contribution is 2.65. The SMILES string of the molecule is COc1ccncc1N(c1ccc(OC(F)F)cc1)C1CCN(C(=O)C23CC(C2)C3)CC1. The molecule has 0 unspecified atom stereocenters. The second-order valence-corrected chi connectivity index (χ2v) is 9.07. The van der Waals surface area contributed by atoms with Crippen LogP contribution < -0.4 is 14.4 Å². The highest BCUT2D eigenvalue weighted by molar-refractivity contribution is 5.86. The zero-order valence-corrected chi connectivity index (χ0v) is 18.0. The first-order valence-electron chi connectivity index (χ1n) is 11.1. The Kier molecular flexibility index (Phi) is 5.39. The molecule has 4 aliphatic rings. The van der Waals surface area contributed by atoms with E-state index in [2.05, 4.69) is 14.6 Å². The van der Waals surface area contributed by atoms with E-state index >= 15 is 0 Å². The molecule has 1 aliphatic heterocycles. The number of likely N-dealkylation sites (tertiary alicyclic amines) is 1. The summed E-state index contributed by atoms with van der Waals surface area (Å²) >= 11 is 0. The molecule has 2 heterocycles. The molecule has 2 aromatic rings. The number of anilines is 2. The van der Waals surface area contributed by atoms with Crippen LogP contribution in [-0.4, -0.2) is 48.6 Å².